The third-order valence-electron chi connectivity index (χ3n) is 2.36. The van der Waals surface area contributed by atoms with Crippen LogP contribution in [0, 0.1) is 0 Å². The maximum Gasteiger partial charge on any atom is 0.261 e. The molecule has 0 radical (unpaired) electrons. The van der Waals surface area contributed by atoms with Gasteiger partial charge in [0, 0.05) is 0 Å². The first-order valence-electron chi connectivity index (χ1n) is 5.16. The molecule has 0 aliphatic heterocycles. The number of aromatic hydroxyl groups is 1. The van der Waals surface area contributed by atoms with E-state index in [4.69, 9.17) is 23.2 Å². The van der Waals surface area contributed by atoms with Gasteiger partial charge in [0.1, 0.15) is 5.02 Å². The zero-order chi connectivity index (χ0) is 14.0. The largest absolute Gasteiger partial charge is 0.505 e. The molecule has 0 bridgehead atoms. The molecule has 0 aromatic heterocycles. The Labute approximate surface area is 120 Å². The van der Waals surface area contributed by atoms with E-state index in [0.29, 0.717) is 0 Å². The summed E-state index contributed by atoms with van der Waals surface area (Å²) in [4.78, 5) is 0.0977. The summed E-state index contributed by atoms with van der Waals surface area (Å²) in [6.45, 7) is 0. The maximum absolute atomic E-state index is 12.1. The number of hydrogen-bond acceptors (Lipinski definition) is 3. The minimum absolute atomic E-state index is 0.0488. The molecule has 0 saturated heterocycles. The fourth-order valence-corrected chi connectivity index (χ4v) is 2.99. The SMILES string of the molecule is O=S(=O)(Nc1ccc(Cl)c(O)c1Cl)c1ccccc1. The van der Waals surface area contributed by atoms with Crippen LogP contribution in [-0.4, -0.2) is 13.5 Å². The van der Waals surface area contributed by atoms with Crippen molar-refractivity contribution >= 4 is 38.9 Å². The second-order valence-corrected chi connectivity index (χ2v) is 6.14. The summed E-state index contributed by atoms with van der Waals surface area (Å²) in [6.07, 6.45) is 0. The Morgan fingerprint density at radius 1 is 1.00 bits per heavy atom. The molecule has 0 fully saturated rings. The van der Waals surface area contributed by atoms with Crippen LogP contribution in [0.2, 0.25) is 10.0 Å². The molecule has 2 N–H and O–H groups in total. The highest BCUT2D eigenvalue weighted by Crippen LogP contribution is 2.37. The zero-order valence-electron chi connectivity index (χ0n) is 9.47. The van der Waals surface area contributed by atoms with Gasteiger partial charge < -0.3 is 5.11 Å². The van der Waals surface area contributed by atoms with Gasteiger partial charge in [-0.25, -0.2) is 8.42 Å². The van der Waals surface area contributed by atoms with E-state index in [9.17, 15) is 13.5 Å². The molecule has 0 aliphatic carbocycles. The van der Waals surface area contributed by atoms with Gasteiger partial charge in [-0.2, -0.15) is 0 Å². The molecule has 2 aromatic rings. The summed E-state index contributed by atoms with van der Waals surface area (Å²) in [5.41, 5.74) is 0.0624. The summed E-state index contributed by atoms with van der Waals surface area (Å²) in [5, 5.41) is 9.46. The van der Waals surface area contributed by atoms with Crippen LogP contribution in [0.4, 0.5) is 5.69 Å². The molecule has 100 valence electrons. The second-order valence-electron chi connectivity index (χ2n) is 3.68. The molecule has 0 amide bonds. The summed E-state index contributed by atoms with van der Waals surface area (Å²) in [6, 6.07) is 10.6. The van der Waals surface area contributed by atoms with Crippen LogP contribution in [0.3, 0.4) is 0 Å². The number of hydrogen-bond donors (Lipinski definition) is 2. The van der Waals surface area contributed by atoms with E-state index in [1.807, 2.05) is 0 Å². The van der Waals surface area contributed by atoms with E-state index in [2.05, 4.69) is 4.72 Å². The lowest BCUT2D eigenvalue weighted by Gasteiger charge is -2.11. The van der Waals surface area contributed by atoms with Crippen molar-refractivity contribution in [1.29, 1.82) is 0 Å². The fourth-order valence-electron chi connectivity index (χ4n) is 1.42. The number of halogens is 2. The molecule has 2 rings (SSSR count). The highest BCUT2D eigenvalue weighted by Gasteiger charge is 2.17. The Kier molecular flexibility index (Phi) is 3.89. The second kappa shape index (κ2) is 5.28. The lowest BCUT2D eigenvalue weighted by Crippen LogP contribution is -2.13. The molecule has 4 nitrogen and oxygen atoms in total. The van der Waals surface area contributed by atoms with Crippen molar-refractivity contribution in [2.45, 2.75) is 4.90 Å². The van der Waals surface area contributed by atoms with E-state index in [-0.39, 0.29) is 26.4 Å². The predicted octanol–water partition coefficient (Wildman–Crippen LogP) is 3.50. The van der Waals surface area contributed by atoms with Crippen molar-refractivity contribution in [3.05, 3.63) is 52.5 Å². The van der Waals surface area contributed by atoms with Crippen molar-refractivity contribution in [3.63, 3.8) is 0 Å². The number of anilines is 1. The lowest BCUT2D eigenvalue weighted by molar-refractivity contribution is 0.476. The van der Waals surface area contributed by atoms with Crippen molar-refractivity contribution < 1.29 is 13.5 Å². The molecular formula is C12H9Cl2NO3S. The van der Waals surface area contributed by atoms with Gasteiger partial charge >= 0.3 is 0 Å². The van der Waals surface area contributed by atoms with Crippen LogP contribution < -0.4 is 4.72 Å². The van der Waals surface area contributed by atoms with Gasteiger partial charge in [-0.15, -0.1) is 0 Å². The van der Waals surface area contributed by atoms with Crippen molar-refractivity contribution in [1.82, 2.24) is 0 Å². The third-order valence-corrected chi connectivity index (χ3v) is 4.43. The van der Waals surface area contributed by atoms with Crippen LogP contribution in [0.15, 0.2) is 47.4 Å². The number of phenolic OH excluding ortho intramolecular Hbond substituents is 1. The standard InChI is InChI=1S/C12H9Cl2NO3S/c13-9-6-7-10(11(14)12(9)16)15-19(17,18)8-4-2-1-3-5-8/h1-7,15-16H. The average molecular weight is 318 g/mol. The number of rotatable bonds is 3. The van der Waals surface area contributed by atoms with E-state index in [1.54, 1.807) is 18.2 Å². The van der Waals surface area contributed by atoms with Crippen LogP contribution in [0.25, 0.3) is 0 Å². The molecule has 0 heterocycles. The summed E-state index contributed by atoms with van der Waals surface area (Å²) >= 11 is 11.5. The molecule has 19 heavy (non-hydrogen) atoms. The molecule has 2 aromatic carbocycles. The zero-order valence-corrected chi connectivity index (χ0v) is 11.8. The molecular weight excluding hydrogens is 309 g/mol. The summed E-state index contributed by atoms with van der Waals surface area (Å²) in [5.74, 6) is -0.364. The van der Waals surface area contributed by atoms with Gasteiger partial charge in [0.05, 0.1) is 15.6 Å². The predicted molar refractivity (Wildman–Crippen MR) is 75.4 cm³/mol. The molecule has 0 saturated carbocycles. The van der Waals surface area contributed by atoms with Crippen LogP contribution in [0.5, 0.6) is 5.75 Å². The van der Waals surface area contributed by atoms with Gasteiger partial charge in [0.15, 0.2) is 5.75 Å². The van der Waals surface area contributed by atoms with Gasteiger partial charge in [0.25, 0.3) is 10.0 Å². The highest BCUT2D eigenvalue weighted by molar-refractivity contribution is 7.92. The smallest absolute Gasteiger partial charge is 0.261 e. The Balaban J connectivity index is 2.40. The third kappa shape index (κ3) is 2.94. The number of sulfonamides is 1. The first-order valence-corrected chi connectivity index (χ1v) is 7.40. The highest BCUT2D eigenvalue weighted by atomic mass is 35.5. The van der Waals surface area contributed by atoms with Gasteiger partial charge in [-0.05, 0) is 24.3 Å². The monoisotopic (exact) mass is 317 g/mol. The van der Waals surface area contributed by atoms with Crippen molar-refractivity contribution in [2.75, 3.05) is 4.72 Å². The summed E-state index contributed by atoms with van der Waals surface area (Å²) in [7, 11) is -3.75. The van der Waals surface area contributed by atoms with Crippen molar-refractivity contribution in [2.24, 2.45) is 0 Å². The molecule has 7 heteroatoms. The molecule has 0 spiro atoms. The normalized spacial score (nSPS) is 11.3. The number of benzene rings is 2. The maximum atomic E-state index is 12.1. The Bertz CT molecular complexity index is 702. The average Bonchev–Trinajstić information content (AvgIpc) is 2.40. The summed E-state index contributed by atoms with van der Waals surface area (Å²) < 4.78 is 26.4. The van der Waals surface area contributed by atoms with E-state index < -0.39 is 10.0 Å². The van der Waals surface area contributed by atoms with Gasteiger partial charge in [0.2, 0.25) is 0 Å². The van der Waals surface area contributed by atoms with Crippen LogP contribution in [0.1, 0.15) is 0 Å². The fraction of sp³-hybridized carbons (Fsp3) is 0. The first-order chi connectivity index (χ1) is 8.92. The first kappa shape index (κ1) is 14.0. The number of nitrogens with one attached hydrogen (secondary N) is 1. The van der Waals surface area contributed by atoms with Gasteiger partial charge in [-0.1, -0.05) is 41.4 Å². The molecule has 0 unspecified atom stereocenters. The van der Waals surface area contributed by atoms with E-state index in [0.717, 1.165) is 0 Å². The molecule has 0 aliphatic rings. The Morgan fingerprint density at radius 3 is 2.26 bits per heavy atom. The van der Waals surface area contributed by atoms with Gasteiger partial charge in [-0.3, -0.25) is 4.72 Å². The quantitative estimate of drug-likeness (QED) is 0.910. The van der Waals surface area contributed by atoms with E-state index in [1.165, 1.54) is 24.3 Å². The van der Waals surface area contributed by atoms with Crippen LogP contribution >= 0.6 is 23.2 Å². The minimum Gasteiger partial charge on any atom is -0.505 e. The van der Waals surface area contributed by atoms with E-state index >= 15 is 0 Å². The van der Waals surface area contributed by atoms with Crippen LogP contribution in [-0.2, 0) is 10.0 Å². The van der Waals surface area contributed by atoms with Crippen molar-refractivity contribution in [3.8, 4) is 5.75 Å². The minimum atomic E-state index is -3.75. The Morgan fingerprint density at radius 2 is 1.63 bits per heavy atom. The lowest BCUT2D eigenvalue weighted by atomic mass is 10.3. The Hall–Kier alpha value is -1.43. The topological polar surface area (TPSA) is 66.4 Å². The number of phenols is 1. The molecule has 0 atom stereocenters.